The summed E-state index contributed by atoms with van der Waals surface area (Å²) in [6, 6.07) is 13.9. The van der Waals surface area contributed by atoms with Gasteiger partial charge in [-0.25, -0.2) is 8.42 Å². The maximum Gasteiger partial charge on any atom is 0.274 e. The van der Waals surface area contributed by atoms with E-state index in [1.165, 1.54) is 11.3 Å². The summed E-state index contributed by atoms with van der Waals surface area (Å²) in [6.07, 6.45) is 1.75. The normalized spacial score (nSPS) is 14.9. The molecule has 0 unspecified atom stereocenters. The van der Waals surface area contributed by atoms with E-state index in [1.807, 2.05) is 49.4 Å². The van der Waals surface area contributed by atoms with E-state index in [2.05, 4.69) is 33.1 Å². The average molecular weight is 523 g/mol. The lowest BCUT2D eigenvalue weighted by molar-refractivity contribution is 0.589. The molecule has 5 nitrogen and oxygen atoms in total. The highest BCUT2D eigenvalue weighted by molar-refractivity contribution is 9.10. The number of rotatable bonds is 7. The SMILES string of the molecule is CCCCN(c1ccc(N2CCNCC2)cc1)S(=O)(=O)c1sc2ccc(Br)cc2c1C. The van der Waals surface area contributed by atoms with Crippen molar-refractivity contribution in [3.8, 4) is 0 Å². The van der Waals surface area contributed by atoms with Crippen molar-refractivity contribution in [3.63, 3.8) is 0 Å². The molecule has 0 amide bonds. The number of nitrogens with one attached hydrogen (secondary N) is 1. The van der Waals surface area contributed by atoms with E-state index in [1.54, 1.807) is 4.31 Å². The van der Waals surface area contributed by atoms with E-state index in [0.717, 1.165) is 70.5 Å². The minimum Gasteiger partial charge on any atom is -0.369 e. The third kappa shape index (κ3) is 4.62. The third-order valence-electron chi connectivity index (χ3n) is 5.71. The molecule has 8 heteroatoms. The second-order valence-electron chi connectivity index (χ2n) is 7.84. The Labute approximate surface area is 197 Å². The number of sulfonamides is 1. The molecule has 2 aromatic carbocycles. The topological polar surface area (TPSA) is 52.6 Å². The minimum atomic E-state index is -3.66. The van der Waals surface area contributed by atoms with Gasteiger partial charge in [0.2, 0.25) is 0 Å². The molecule has 166 valence electrons. The van der Waals surface area contributed by atoms with Crippen molar-refractivity contribution in [1.82, 2.24) is 5.32 Å². The van der Waals surface area contributed by atoms with Gasteiger partial charge in [-0.3, -0.25) is 4.31 Å². The molecule has 0 aliphatic carbocycles. The largest absolute Gasteiger partial charge is 0.369 e. The number of fused-ring (bicyclic) bond motifs is 1. The summed E-state index contributed by atoms with van der Waals surface area (Å²) in [5, 5.41) is 4.35. The molecule has 1 aliphatic heterocycles. The van der Waals surface area contributed by atoms with Crippen LogP contribution in [0.4, 0.5) is 11.4 Å². The number of hydrogen-bond acceptors (Lipinski definition) is 5. The van der Waals surface area contributed by atoms with Gasteiger partial charge in [-0.1, -0.05) is 29.3 Å². The highest BCUT2D eigenvalue weighted by Gasteiger charge is 2.29. The first-order valence-electron chi connectivity index (χ1n) is 10.7. The number of aryl methyl sites for hydroxylation is 1. The van der Waals surface area contributed by atoms with Crippen LogP contribution in [0, 0.1) is 6.92 Å². The maximum atomic E-state index is 13.8. The van der Waals surface area contributed by atoms with Crippen LogP contribution in [0.1, 0.15) is 25.3 Å². The molecule has 1 aliphatic rings. The van der Waals surface area contributed by atoms with Crippen LogP contribution in [-0.4, -0.2) is 41.1 Å². The van der Waals surface area contributed by atoms with E-state index < -0.39 is 10.0 Å². The summed E-state index contributed by atoms with van der Waals surface area (Å²) in [4.78, 5) is 2.33. The number of piperazine rings is 1. The molecule has 0 spiro atoms. The van der Waals surface area contributed by atoms with Crippen LogP contribution in [0.3, 0.4) is 0 Å². The van der Waals surface area contributed by atoms with Crippen molar-refractivity contribution in [2.45, 2.75) is 30.9 Å². The van der Waals surface area contributed by atoms with Crippen LogP contribution in [0.5, 0.6) is 0 Å². The van der Waals surface area contributed by atoms with Gasteiger partial charge in [0.25, 0.3) is 10.0 Å². The zero-order valence-corrected chi connectivity index (χ0v) is 21.1. The average Bonchev–Trinajstić information content (AvgIpc) is 3.11. The Morgan fingerprint density at radius 2 is 1.84 bits per heavy atom. The summed E-state index contributed by atoms with van der Waals surface area (Å²) >= 11 is 4.86. The van der Waals surface area contributed by atoms with Crippen LogP contribution >= 0.6 is 27.3 Å². The molecule has 0 atom stereocenters. The second-order valence-corrected chi connectivity index (χ2v) is 11.9. The van der Waals surface area contributed by atoms with Crippen LogP contribution in [-0.2, 0) is 10.0 Å². The summed E-state index contributed by atoms with van der Waals surface area (Å²) in [5.74, 6) is 0. The van der Waals surface area contributed by atoms with Gasteiger partial charge < -0.3 is 10.2 Å². The first-order valence-corrected chi connectivity index (χ1v) is 13.7. The number of benzene rings is 2. The molecular weight excluding hydrogens is 494 g/mol. The van der Waals surface area contributed by atoms with E-state index in [4.69, 9.17) is 0 Å². The Morgan fingerprint density at radius 1 is 1.13 bits per heavy atom. The number of thiophene rings is 1. The maximum absolute atomic E-state index is 13.8. The van der Waals surface area contributed by atoms with Crippen molar-refractivity contribution in [2.75, 3.05) is 41.9 Å². The van der Waals surface area contributed by atoms with Crippen molar-refractivity contribution in [1.29, 1.82) is 0 Å². The molecule has 1 saturated heterocycles. The van der Waals surface area contributed by atoms with Gasteiger partial charge in [-0.2, -0.15) is 0 Å². The van der Waals surface area contributed by atoms with Crippen molar-refractivity contribution in [2.24, 2.45) is 0 Å². The molecule has 3 aromatic rings. The smallest absolute Gasteiger partial charge is 0.274 e. The molecule has 0 radical (unpaired) electrons. The molecule has 1 fully saturated rings. The van der Waals surface area contributed by atoms with Gasteiger partial charge >= 0.3 is 0 Å². The van der Waals surface area contributed by atoms with Crippen LogP contribution in [0.25, 0.3) is 10.1 Å². The zero-order chi connectivity index (χ0) is 22.0. The molecule has 1 aromatic heterocycles. The fraction of sp³-hybridized carbons (Fsp3) is 0.391. The summed E-state index contributed by atoms with van der Waals surface area (Å²) in [6.45, 7) is 8.34. The Morgan fingerprint density at radius 3 is 2.52 bits per heavy atom. The Hall–Kier alpha value is -1.61. The monoisotopic (exact) mass is 521 g/mol. The quantitative estimate of drug-likeness (QED) is 0.453. The molecule has 0 saturated carbocycles. The lowest BCUT2D eigenvalue weighted by Gasteiger charge is -2.30. The number of unbranched alkanes of at least 4 members (excludes halogenated alkanes) is 1. The van der Waals surface area contributed by atoms with Gasteiger partial charge in [0.1, 0.15) is 4.21 Å². The number of nitrogens with zero attached hydrogens (tertiary/aromatic N) is 2. The van der Waals surface area contributed by atoms with E-state index in [9.17, 15) is 8.42 Å². The van der Waals surface area contributed by atoms with Crippen molar-refractivity contribution in [3.05, 3.63) is 52.5 Å². The van der Waals surface area contributed by atoms with Crippen LogP contribution in [0.15, 0.2) is 51.1 Å². The first-order chi connectivity index (χ1) is 14.9. The number of anilines is 2. The molecule has 0 bridgehead atoms. The van der Waals surface area contributed by atoms with Crippen molar-refractivity contribution < 1.29 is 8.42 Å². The van der Waals surface area contributed by atoms with Crippen molar-refractivity contribution >= 4 is 58.8 Å². The standard InChI is InChI=1S/C23H28BrN3O2S2/c1-3-4-13-27(20-8-6-19(7-9-20)26-14-11-25-12-15-26)31(28,29)23-17(2)21-16-18(24)5-10-22(21)30-23/h5-10,16,25H,3-4,11-15H2,1-2H3. The van der Waals surface area contributed by atoms with Gasteiger partial charge in [0, 0.05) is 47.6 Å². The van der Waals surface area contributed by atoms with E-state index in [0.29, 0.717) is 10.8 Å². The molecule has 31 heavy (non-hydrogen) atoms. The fourth-order valence-electron chi connectivity index (χ4n) is 3.96. The Balaban J connectivity index is 1.71. The number of hydrogen-bond donors (Lipinski definition) is 1. The van der Waals surface area contributed by atoms with Gasteiger partial charge in [-0.05, 0) is 66.8 Å². The lowest BCUT2D eigenvalue weighted by atomic mass is 10.2. The molecule has 4 rings (SSSR count). The first kappa shape index (κ1) is 22.6. The van der Waals surface area contributed by atoms with Crippen LogP contribution < -0.4 is 14.5 Å². The molecule has 1 N–H and O–H groups in total. The predicted molar refractivity (Wildman–Crippen MR) is 135 cm³/mol. The van der Waals surface area contributed by atoms with Crippen LogP contribution in [0.2, 0.25) is 0 Å². The summed E-state index contributed by atoms with van der Waals surface area (Å²) in [5.41, 5.74) is 2.69. The molecular formula is C23H28BrN3O2S2. The summed E-state index contributed by atoms with van der Waals surface area (Å²) < 4.78 is 31.6. The van der Waals surface area contributed by atoms with E-state index in [-0.39, 0.29) is 0 Å². The van der Waals surface area contributed by atoms with E-state index >= 15 is 0 Å². The Kier molecular flexibility index (Phi) is 6.91. The summed E-state index contributed by atoms with van der Waals surface area (Å²) in [7, 11) is -3.66. The Bertz CT molecular complexity index is 1150. The highest BCUT2D eigenvalue weighted by Crippen LogP contribution is 2.38. The highest BCUT2D eigenvalue weighted by atomic mass is 79.9. The number of halogens is 1. The lowest BCUT2D eigenvalue weighted by Crippen LogP contribution is -2.43. The van der Waals surface area contributed by atoms with Gasteiger partial charge in [0.15, 0.2) is 0 Å². The third-order valence-corrected chi connectivity index (χ3v) is 9.90. The van der Waals surface area contributed by atoms with Gasteiger partial charge in [0.05, 0.1) is 5.69 Å². The van der Waals surface area contributed by atoms with Gasteiger partial charge in [-0.15, -0.1) is 11.3 Å². The predicted octanol–water partition coefficient (Wildman–Crippen LogP) is 5.38. The molecule has 2 heterocycles. The zero-order valence-electron chi connectivity index (χ0n) is 17.9. The minimum absolute atomic E-state index is 0.433. The second kappa shape index (κ2) is 9.48. The fourth-order valence-corrected chi connectivity index (χ4v) is 7.67.